The first-order valence-corrected chi connectivity index (χ1v) is 9.38. The van der Waals surface area contributed by atoms with E-state index in [4.69, 9.17) is 9.47 Å². The van der Waals surface area contributed by atoms with E-state index >= 15 is 0 Å². The number of aromatic nitrogens is 2. The van der Waals surface area contributed by atoms with Crippen molar-refractivity contribution in [2.45, 2.75) is 39.5 Å². The summed E-state index contributed by atoms with van der Waals surface area (Å²) < 4.78 is 47.6. The zero-order chi connectivity index (χ0) is 23.2. The number of carbonyl (C=O) groups is 1. The minimum Gasteiger partial charge on any atom is -0.468 e. The molecule has 0 fully saturated rings. The van der Waals surface area contributed by atoms with Crippen LogP contribution in [0.15, 0.2) is 42.5 Å². The van der Waals surface area contributed by atoms with Gasteiger partial charge in [0, 0.05) is 18.3 Å². The Morgan fingerprint density at radius 1 is 1.13 bits per heavy atom. The van der Waals surface area contributed by atoms with Gasteiger partial charge >= 0.3 is 12.1 Å². The van der Waals surface area contributed by atoms with Crippen LogP contribution in [0.3, 0.4) is 0 Å². The van der Waals surface area contributed by atoms with Crippen LogP contribution in [-0.2, 0) is 4.74 Å². The van der Waals surface area contributed by atoms with Gasteiger partial charge in [-0.05, 0) is 52.0 Å². The van der Waals surface area contributed by atoms with Crippen molar-refractivity contribution in [2.75, 3.05) is 23.8 Å². The first-order valence-electron chi connectivity index (χ1n) is 9.38. The molecule has 0 amide bonds. The van der Waals surface area contributed by atoms with Crippen LogP contribution in [0.2, 0.25) is 0 Å². The number of benzene rings is 1. The molecule has 0 saturated carbocycles. The Kier molecular flexibility index (Phi) is 7.48. The van der Waals surface area contributed by atoms with Crippen molar-refractivity contribution < 1.29 is 27.4 Å². The standard InChI is InChI=1S/C21H25F3N4O3/c1-13(2)11-25-19-27-16(10-17(28-19)30-12-21(22,23)24)26-15-8-6-14(7-9-15)18(29)31-20(3,4)5/h6-10H,1,11-12H2,2-5H3,(H2,25,26,27,28). The maximum Gasteiger partial charge on any atom is 0.422 e. The lowest BCUT2D eigenvalue weighted by Gasteiger charge is -2.19. The summed E-state index contributed by atoms with van der Waals surface area (Å²) in [6, 6.07) is 7.63. The quantitative estimate of drug-likeness (QED) is 0.438. The molecular weight excluding hydrogens is 413 g/mol. The molecule has 168 valence electrons. The highest BCUT2D eigenvalue weighted by atomic mass is 19.4. The number of nitrogens with one attached hydrogen (secondary N) is 2. The minimum atomic E-state index is -4.50. The summed E-state index contributed by atoms with van der Waals surface area (Å²) in [7, 11) is 0. The summed E-state index contributed by atoms with van der Waals surface area (Å²) in [5, 5.41) is 5.83. The van der Waals surface area contributed by atoms with Crippen molar-refractivity contribution in [3.63, 3.8) is 0 Å². The third kappa shape index (κ3) is 8.93. The lowest BCUT2D eigenvalue weighted by Crippen LogP contribution is -2.23. The second-order valence-electron chi connectivity index (χ2n) is 7.83. The molecule has 0 saturated heterocycles. The second-order valence-corrected chi connectivity index (χ2v) is 7.83. The van der Waals surface area contributed by atoms with Crippen LogP contribution in [-0.4, -0.2) is 40.9 Å². The molecule has 0 spiro atoms. The number of halogens is 3. The largest absolute Gasteiger partial charge is 0.468 e. The predicted octanol–water partition coefficient (Wildman–Crippen LogP) is 5.10. The molecule has 0 aliphatic rings. The van der Waals surface area contributed by atoms with Gasteiger partial charge < -0.3 is 20.1 Å². The van der Waals surface area contributed by atoms with Crippen molar-refractivity contribution in [3.8, 4) is 5.88 Å². The molecule has 0 aliphatic carbocycles. The number of hydrogen-bond acceptors (Lipinski definition) is 7. The molecule has 1 aromatic carbocycles. The van der Waals surface area contributed by atoms with E-state index in [1.165, 1.54) is 6.07 Å². The second kappa shape index (κ2) is 9.67. The minimum absolute atomic E-state index is 0.0792. The fourth-order valence-corrected chi connectivity index (χ4v) is 2.20. The number of nitrogens with zero attached hydrogens (tertiary/aromatic N) is 2. The number of hydrogen-bond donors (Lipinski definition) is 2. The summed E-state index contributed by atoms with van der Waals surface area (Å²) in [4.78, 5) is 20.3. The molecule has 31 heavy (non-hydrogen) atoms. The van der Waals surface area contributed by atoms with Gasteiger partial charge in [0.1, 0.15) is 11.4 Å². The third-order valence-corrected chi connectivity index (χ3v) is 3.43. The van der Waals surface area contributed by atoms with Crippen molar-refractivity contribution >= 4 is 23.4 Å². The van der Waals surface area contributed by atoms with Crippen molar-refractivity contribution in [2.24, 2.45) is 0 Å². The highest BCUT2D eigenvalue weighted by Crippen LogP contribution is 2.23. The lowest BCUT2D eigenvalue weighted by atomic mass is 10.1. The van der Waals surface area contributed by atoms with Gasteiger partial charge in [0.2, 0.25) is 11.8 Å². The van der Waals surface area contributed by atoms with E-state index < -0.39 is 24.4 Å². The first-order chi connectivity index (χ1) is 14.3. The SMILES string of the molecule is C=C(C)CNc1nc(Nc2ccc(C(=O)OC(C)(C)C)cc2)cc(OCC(F)(F)F)n1. The van der Waals surface area contributed by atoms with Crippen LogP contribution < -0.4 is 15.4 Å². The summed E-state index contributed by atoms with van der Waals surface area (Å²) in [5.74, 6) is -0.420. The summed E-state index contributed by atoms with van der Waals surface area (Å²) in [6.07, 6.45) is -4.50. The van der Waals surface area contributed by atoms with Gasteiger partial charge in [-0.1, -0.05) is 12.2 Å². The number of ether oxygens (including phenoxy) is 2. The predicted molar refractivity (Wildman–Crippen MR) is 112 cm³/mol. The fourth-order valence-electron chi connectivity index (χ4n) is 2.20. The maximum absolute atomic E-state index is 12.5. The van der Waals surface area contributed by atoms with E-state index in [2.05, 4.69) is 27.2 Å². The number of rotatable bonds is 8. The zero-order valence-electron chi connectivity index (χ0n) is 17.8. The molecule has 0 radical (unpaired) electrons. The Hall–Kier alpha value is -3.30. The molecular formula is C21H25F3N4O3. The van der Waals surface area contributed by atoms with Gasteiger partial charge in [-0.3, -0.25) is 0 Å². The molecule has 0 aliphatic heterocycles. The zero-order valence-corrected chi connectivity index (χ0v) is 17.8. The van der Waals surface area contributed by atoms with Gasteiger partial charge in [-0.15, -0.1) is 0 Å². The van der Waals surface area contributed by atoms with Gasteiger partial charge in [0.05, 0.1) is 5.56 Å². The number of esters is 1. The topological polar surface area (TPSA) is 85.4 Å². The maximum atomic E-state index is 12.5. The Labute approximate surface area is 178 Å². The average Bonchev–Trinajstić information content (AvgIpc) is 2.63. The molecule has 2 N–H and O–H groups in total. The Morgan fingerprint density at radius 2 is 1.77 bits per heavy atom. The van der Waals surface area contributed by atoms with Crippen LogP contribution in [0.4, 0.5) is 30.6 Å². The van der Waals surface area contributed by atoms with Gasteiger partial charge in [0.15, 0.2) is 6.61 Å². The van der Waals surface area contributed by atoms with Crippen molar-refractivity contribution in [1.82, 2.24) is 9.97 Å². The van der Waals surface area contributed by atoms with Crippen LogP contribution in [0, 0.1) is 0 Å². The lowest BCUT2D eigenvalue weighted by molar-refractivity contribution is -0.154. The highest BCUT2D eigenvalue weighted by molar-refractivity contribution is 5.90. The van der Waals surface area contributed by atoms with Gasteiger partial charge in [0.25, 0.3) is 0 Å². The average molecular weight is 438 g/mol. The van der Waals surface area contributed by atoms with Gasteiger partial charge in [-0.2, -0.15) is 23.1 Å². The van der Waals surface area contributed by atoms with E-state index in [1.807, 2.05) is 0 Å². The monoisotopic (exact) mass is 438 g/mol. The van der Waals surface area contributed by atoms with Gasteiger partial charge in [-0.25, -0.2) is 4.79 Å². The highest BCUT2D eigenvalue weighted by Gasteiger charge is 2.29. The fraction of sp³-hybridized carbons (Fsp3) is 0.381. The molecule has 10 heteroatoms. The van der Waals surface area contributed by atoms with E-state index in [0.717, 1.165) is 5.57 Å². The molecule has 0 atom stereocenters. The van der Waals surface area contributed by atoms with Crippen molar-refractivity contribution in [3.05, 3.63) is 48.0 Å². The number of carbonyl (C=O) groups excluding carboxylic acids is 1. The van der Waals surface area contributed by atoms with Crippen LogP contribution in [0.1, 0.15) is 38.1 Å². The molecule has 2 rings (SSSR count). The van der Waals surface area contributed by atoms with Crippen LogP contribution in [0.25, 0.3) is 0 Å². The summed E-state index contributed by atoms with van der Waals surface area (Å²) in [5.41, 5.74) is 1.09. The molecule has 0 unspecified atom stereocenters. The van der Waals surface area contributed by atoms with E-state index in [1.54, 1.807) is 52.0 Å². The van der Waals surface area contributed by atoms with Crippen LogP contribution in [0.5, 0.6) is 5.88 Å². The summed E-state index contributed by atoms with van der Waals surface area (Å²) in [6.45, 7) is 9.70. The molecule has 1 aromatic heterocycles. The molecule has 1 heterocycles. The molecule has 7 nitrogen and oxygen atoms in total. The van der Waals surface area contributed by atoms with E-state index in [0.29, 0.717) is 17.8 Å². The third-order valence-electron chi connectivity index (χ3n) is 3.43. The van der Waals surface area contributed by atoms with Crippen LogP contribution >= 0.6 is 0 Å². The Bertz CT molecular complexity index is 923. The number of anilines is 3. The molecule has 0 bridgehead atoms. The summed E-state index contributed by atoms with van der Waals surface area (Å²) >= 11 is 0. The molecule has 2 aromatic rings. The van der Waals surface area contributed by atoms with Crippen molar-refractivity contribution in [1.29, 1.82) is 0 Å². The Morgan fingerprint density at radius 3 is 2.32 bits per heavy atom. The Balaban J connectivity index is 2.18. The van der Waals surface area contributed by atoms with E-state index in [9.17, 15) is 18.0 Å². The van der Waals surface area contributed by atoms with E-state index in [-0.39, 0.29) is 17.6 Å². The normalized spacial score (nSPS) is 11.6. The number of alkyl halides is 3. The smallest absolute Gasteiger partial charge is 0.422 e. The first kappa shape index (κ1) is 24.0.